The Morgan fingerprint density at radius 1 is 0.600 bits per heavy atom. The van der Waals surface area contributed by atoms with E-state index in [-0.39, 0.29) is 24.8 Å². The third kappa shape index (κ3) is 3.73. The maximum Gasteiger partial charge on any atom is 0.310 e. The monoisotopic (exact) mass is 400 g/mol. The van der Waals surface area contributed by atoms with Crippen LogP contribution in [0, 0.1) is 0 Å². The lowest BCUT2D eigenvalue weighted by molar-refractivity contribution is -0.143. The number of ether oxygens (including phenoxy) is 2. The Bertz CT molecular complexity index is 1160. The molecule has 0 radical (unpaired) electrons. The highest BCUT2D eigenvalue weighted by Crippen LogP contribution is 2.36. The Balaban J connectivity index is 2.00. The van der Waals surface area contributed by atoms with Gasteiger partial charge in [0.25, 0.3) is 0 Å². The van der Waals surface area contributed by atoms with Crippen LogP contribution in [-0.2, 0) is 31.9 Å². The van der Waals surface area contributed by atoms with Crippen molar-refractivity contribution in [3.8, 4) is 0 Å². The van der Waals surface area contributed by atoms with Crippen LogP contribution in [0.25, 0.3) is 32.3 Å². The van der Waals surface area contributed by atoms with Gasteiger partial charge in [0.05, 0.1) is 26.1 Å². The summed E-state index contributed by atoms with van der Waals surface area (Å²) >= 11 is 0. The molecular weight excluding hydrogens is 376 g/mol. The van der Waals surface area contributed by atoms with Crippen LogP contribution in [0.3, 0.4) is 0 Å². The summed E-state index contributed by atoms with van der Waals surface area (Å²) in [6.07, 6.45) is 0.451. The van der Waals surface area contributed by atoms with E-state index < -0.39 is 0 Å². The van der Waals surface area contributed by atoms with Gasteiger partial charge in [-0.1, -0.05) is 48.5 Å². The molecule has 30 heavy (non-hydrogen) atoms. The molecule has 0 N–H and O–H groups in total. The molecule has 0 atom stereocenters. The Morgan fingerprint density at radius 2 is 0.967 bits per heavy atom. The molecule has 0 bridgehead atoms. The predicted octanol–water partition coefficient (Wildman–Crippen LogP) is 5.36. The molecule has 4 aromatic rings. The summed E-state index contributed by atoms with van der Waals surface area (Å²) in [6.45, 7) is 4.36. The maximum atomic E-state index is 12.2. The normalized spacial score (nSPS) is 11.1. The van der Waals surface area contributed by atoms with E-state index in [0.717, 1.165) is 43.4 Å². The van der Waals surface area contributed by atoms with Gasteiger partial charge >= 0.3 is 11.9 Å². The SMILES string of the molecule is CCOC(=O)Cc1cc2c3ccccc3c(CC(=O)OCC)cc2c2ccccc12. The quantitative estimate of drug-likeness (QED) is 0.323. The zero-order valence-electron chi connectivity index (χ0n) is 17.2. The van der Waals surface area contributed by atoms with E-state index in [0.29, 0.717) is 13.2 Å². The van der Waals surface area contributed by atoms with E-state index in [1.165, 1.54) is 0 Å². The van der Waals surface area contributed by atoms with Crippen molar-refractivity contribution in [1.29, 1.82) is 0 Å². The van der Waals surface area contributed by atoms with Gasteiger partial charge in [-0.25, -0.2) is 0 Å². The molecule has 0 fully saturated rings. The first kappa shape index (κ1) is 19.9. The standard InChI is InChI=1S/C26H24O4/c1-3-29-25(27)15-17-13-23-22-12-8-6-10-20(22)18(16-26(28)30-4-2)14-24(23)21-11-7-5-9-19(17)21/h5-14H,3-4,15-16H2,1-2H3. The van der Waals surface area contributed by atoms with Gasteiger partial charge in [-0.2, -0.15) is 0 Å². The minimum absolute atomic E-state index is 0.225. The smallest absolute Gasteiger partial charge is 0.310 e. The van der Waals surface area contributed by atoms with Crippen LogP contribution >= 0.6 is 0 Å². The highest BCUT2D eigenvalue weighted by molar-refractivity contribution is 6.19. The van der Waals surface area contributed by atoms with Crippen molar-refractivity contribution in [3.63, 3.8) is 0 Å². The molecular formula is C26H24O4. The zero-order valence-corrected chi connectivity index (χ0v) is 17.2. The largest absolute Gasteiger partial charge is 0.466 e. The zero-order chi connectivity index (χ0) is 21.1. The summed E-state index contributed by atoms with van der Waals surface area (Å²) in [5.41, 5.74) is 1.89. The van der Waals surface area contributed by atoms with E-state index in [4.69, 9.17) is 9.47 Å². The number of fused-ring (bicyclic) bond motifs is 5. The van der Waals surface area contributed by atoms with Crippen LogP contribution in [0.5, 0.6) is 0 Å². The van der Waals surface area contributed by atoms with Crippen molar-refractivity contribution < 1.29 is 19.1 Å². The fourth-order valence-electron chi connectivity index (χ4n) is 4.13. The Labute approximate surface area is 175 Å². The van der Waals surface area contributed by atoms with E-state index in [9.17, 15) is 9.59 Å². The van der Waals surface area contributed by atoms with Crippen LogP contribution in [-0.4, -0.2) is 25.2 Å². The van der Waals surface area contributed by atoms with Crippen LogP contribution in [0.1, 0.15) is 25.0 Å². The van der Waals surface area contributed by atoms with Gasteiger partial charge in [-0.05, 0) is 69.4 Å². The minimum Gasteiger partial charge on any atom is -0.466 e. The summed E-state index contributed by atoms with van der Waals surface area (Å²) in [7, 11) is 0. The summed E-state index contributed by atoms with van der Waals surface area (Å²) in [5, 5.41) is 6.30. The Kier molecular flexibility index (Phi) is 5.66. The molecule has 0 aromatic heterocycles. The summed E-state index contributed by atoms with van der Waals surface area (Å²) < 4.78 is 10.4. The first-order valence-electron chi connectivity index (χ1n) is 10.3. The third-order valence-corrected chi connectivity index (χ3v) is 5.33. The van der Waals surface area contributed by atoms with Crippen LogP contribution in [0.15, 0.2) is 60.7 Å². The number of hydrogen-bond acceptors (Lipinski definition) is 4. The molecule has 4 aromatic carbocycles. The number of hydrogen-bond donors (Lipinski definition) is 0. The molecule has 0 saturated carbocycles. The molecule has 4 rings (SSSR count). The van der Waals surface area contributed by atoms with Gasteiger partial charge in [0, 0.05) is 0 Å². The summed E-state index contributed by atoms with van der Waals surface area (Å²) in [4.78, 5) is 24.4. The third-order valence-electron chi connectivity index (χ3n) is 5.33. The van der Waals surface area contributed by atoms with E-state index in [2.05, 4.69) is 24.3 Å². The van der Waals surface area contributed by atoms with Crippen molar-refractivity contribution in [2.45, 2.75) is 26.7 Å². The van der Waals surface area contributed by atoms with Gasteiger partial charge in [0.15, 0.2) is 0 Å². The first-order valence-corrected chi connectivity index (χ1v) is 10.3. The van der Waals surface area contributed by atoms with Crippen LogP contribution < -0.4 is 0 Å². The van der Waals surface area contributed by atoms with Crippen molar-refractivity contribution in [2.24, 2.45) is 0 Å². The maximum absolute atomic E-state index is 12.2. The lowest BCUT2D eigenvalue weighted by Crippen LogP contribution is -2.09. The van der Waals surface area contributed by atoms with Crippen molar-refractivity contribution >= 4 is 44.3 Å². The molecule has 152 valence electrons. The minimum atomic E-state index is -0.231. The molecule has 0 aliphatic carbocycles. The summed E-state index contributed by atoms with van der Waals surface area (Å²) in [5.74, 6) is -0.463. The lowest BCUT2D eigenvalue weighted by atomic mass is 9.90. The molecule has 0 aliphatic rings. The molecule has 4 heteroatoms. The fraction of sp³-hybridized carbons (Fsp3) is 0.231. The Morgan fingerprint density at radius 3 is 1.33 bits per heavy atom. The molecule has 0 amide bonds. The van der Waals surface area contributed by atoms with Gasteiger partial charge in [-0.15, -0.1) is 0 Å². The van der Waals surface area contributed by atoms with Gasteiger partial charge < -0.3 is 9.47 Å². The number of carbonyl (C=O) groups excluding carboxylic acids is 2. The van der Waals surface area contributed by atoms with Gasteiger partial charge in [-0.3, -0.25) is 9.59 Å². The second kappa shape index (κ2) is 8.54. The van der Waals surface area contributed by atoms with Crippen molar-refractivity contribution in [3.05, 3.63) is 71.8 Å². The average molecular weight is 400 g/mol. The van der Waals surface area contributed by atoms with E-state index in [1.54, 1.807) is 0 Å². The number of esters is 2. The van der Waals surface area contributed by atoms with Crippen LogP contribution in [0.4, 0.5) is 0 Å². The second-order valence-corrected chi connectivity index (χ2v) is 7.22. The molecule has 0 unspecified atom stereocenters. The first-order chi connectivity index (χ1) is 14.6. The number of carbonyl (C=O) groups is 2. The van der Waals surface area contributed by atoms with Crippen molar-refractivity contribution in [2.75, 3.05) is 13.2 Å². The molecule has 0 saturated heterocycles. The van der Waals surface area contributed by atoms with E-state index >= 15 is 0 Å². The highest BCUT2D eigenvalue weighted by atomic mass is 16.5. The molecule has 4 nitrogen and oxygen atoms in total. The molecule has 0 aliphatic heterocycles. The van der Waals surface area contributed by atoms with Gasteiger partial charge in [0.2, 0.25) is 0 Å². The number of rotatable bonds is 6. The molecule has 0 heterocycles. The number of benzene rings is 4. The molecule has 0 spiro atoms. The van der Waals surface area contributed by atoms with Gasteiger partial charge in [0.1, 0.15) is 0 Å². The average Bonchev–Trinajstić information content (AvgIpc) is 2.75. The van der Waals surface area contributed by atoms with Crippen LogP contribution in [0.2, 0.25) is 0 Å². The van der Waals surface area contributed by atoms with Crippen molar-refractivity contribution in [1.82, 2.24) is 0 Å². The Hall–Kier alpha value is -3.40. The fourth-order valence-corrected chi connectivity index (χ4v) is 4.13. The highest BCUT2D eigenvalue weighted by Gasteiger charge is 2.16. The second-order valence-electron chi connectivity index (χ2n) is 7.22. The van der Waals surface area contributed by atoms with E-state index in [1.807, 2.05) is 50.2 Å². The predicted molar refractivity (Wildman–Crippen MR) is 120 cm³/mol. The lowest BCUT2D eigenvalue weighted by Gasteiger charge is -2.15. The summed E-state index contributed by atoms with van der Waals surface area (Å²) in [6, 6.07) is 20.3. The topological polar surface area (TPSA) is 52.6 Å².